The van der Waals surface area contributed by atoms with Crippen LogP contribution in [0.2, 0.25) is 0 Å². The van der Waals surface area contributed by atoms with Gasteiger partial charge in [0.05, 0.1) is 19.8 Å². The van der Waals surface area contributed by atoms with Gasteiger partial charge in [0.15, 0.2) is 6.29 Å². The molecule has 0 aromatic rings. The lowest BCUT2D eigenvalue weighted by Gasteiger charge is -2.39. The summed E-state index contributed by atoms with van der Waals surface area (Å²) in [5.41, 5.74) is 0. The zero-order valence-electron chi connectivity index (χ0n) is 42.3. The number of hydrogen-bond donors (Lipinski definition) is 4. The predicted octanol–water partition coefficient (Wildman–Crippen LogP) is 14.2. The molecule has 6 atom stereocenters. The maximum atomic E-state index is 12.9. The van der Waals surface area contributed by atoms with E-state index in [4.69, 9.17) is 18.9 Å². The first-order valence-electron chi connectivity index (χ1n) is 28.1. The number of carbonyl (C=O) groups excluding carboxylic acids is 1. The molecule has 0 aromatic carbocycles. The van der Waals surface area contributed by atoms with Gasteiger partial charge in [-0.2, -0.15) is 0 Å². The van der Waals surface area contributed by atoms with Gasteiger partial charge in [0.1, 0.15) is 30.5 Å². The van der Waals surface area contributed by atoms with Crippen LogP contribution in [0.5, 0.6) is 0 Å². The molecule has 0 radical (unpaired) electrons. The van der Waals surface area contributed by atoms with Crippen LogP contribution in [0.25, 0.3) is 0 Å². The lowest BCUT2D eigenvalue weighted by molar-refractivity contribution is -0.305. The zero-order valence-corrected chi connectivity index (χ0v) is 42.3. The highest BCUT2D eigenvalue weighted by Crippen LogP contribution is 2.23. The van der Waals surface area contributed by atoms with Crippen LogP contribution in [-0.4, -0.2) is 89.6 Å². The SMILES string of the molecule is CCCCCCCCCCCCCCCCCCCCCCCC(=O)OC(COCCCCCCCCCCCCCCCCCCCCCC)COC1OC(CO)C(O)C(O)C1O. The van der Waals surface area contributed by atoms with Crippen molar-refractivity contribution in [1.82, 2.24) is 0 Å². The number of hydrogen-bond acceptors (Lipinski definition) is 9. The van der Waals surface area contributed by atoms with Gasteiger partial charge in [-0.1, -0.05) is 264 Å². The van der Waals surface area contributed by atoms with E-state index >= 15 is 0 Å². The Morgan fingerprint density at radius 1 is 0.438 bits per heavy atom. The summed E-state index contributed by atoms with van der Waals surface area (Å²) in [4.78, 5) is 12.9. The number of ether oxygens (including phenoxy) is 4. The molecule has 0 aliphatic carbocycles. The highest BCUT2D eigenvalue weighted by Gasteiger charge is 2.44. The van der Waals surface area contributed by atoms with E-state index in [0.29, 0.717) is 13.0 Å². The number of carbonyl (C=O) groups is 1. The first-order chi connectivity index (χ1) is 31.4. The molecule has 6 unspecified atom stereocenters. The Balaban J connectivity index is 2.14. The fourth-order valence-corrected chi connectivity index (χ4v) is 9.14. The normalized spacial score (nSPS) is 19.4. The minimum atomic E-state index is -1.53. The van der Waals surface area contributed by atoms with E-state index in [2.05, 4.69) is 13.8 Å². The smallest absolute Gasteiger partial charge is 0.306 e. The summed E-state index contributed by atoms with van der Waals surface area (Å²) in [6, 6.07) is 0. The molecule has 0 saturated carbocycles. The van der Waals surface area contributed by atoms with E-state index in [1.165, 1.54) is 231 Å². The molecule has 1 rings (SSSR count). The molecule has 0 spiro atoms. The fraction of sp³-hybridized carbons (Fsp3) is 0.982. The maximum absolute atomic E-state index is 12.9. The van der Waals surface area contributed by atoms with Crippen LogP contribution in [0.1, 0.15) is 284 Å². The number of aliphatic hydroxyl groups excluding tert-OH is 4. The summed E-state index contributed by atoms with van der Waals surface area (Å²) in [6.45, 7) is 4.64. The third kappa shape index (κ3) is 37.2. The van der Waals surface area contributed by atoms with Crippen LogP contribution in [0.4, 0.5) is 0 Å². The van der Waals surface area contributed by atoms with Gasteiger partial charge in [0.25, 0.3) is 0 Å². The molecule has 1 heterocycles. The standard InChI is InChI=1S/C55H108O9/c1-3-5-7-9-11-13-15-17-19-21-23-25-26-28-30-32-34-36-38-40-42-44-51(57)63-49(48-62-55-54(60)53(59)52(58)50(46-56)64-55)47-61-45-43-41-39-37-35-33-31-29-27-24-22-20-18-16-14-12-10-8-6-4-2/h49-50,52-56,58-60H,3-48H2,1-2H3. The topological polar surface area (TPSA) is 135 Å². The van der Waals surface area contributed by atoms with Gasteiger partial charge >= 0.3 is 5.97 Å². The molecule has 9 heteroatoms. The average molecular weight is 913 g/mol. The molecule has 64 heavy (non-hydrogen) atoms. The fourth-order valence-electron chi connectivity index (χ4n) is 9.14. The average Bonchev–Trinajstić information content (AvgIpc) is 3.30. The Morgan fingerprint density at radius 3 is 1.11 bits per heavy atom. The number of aliphatic hydroxyl groups is 4. The van der Waals surface area contributed by atoms with Crippen LogP contribution >= 0.6 is 0 Å². The lowest BCUT2D eigenvalue weighted by Crippen LogP contribution is -2.59. The zero-order chi connectivity index (χ0) is 46.4. The summed E-state index contributed by atoms with van der Waals surface area (Å²) < 4.78 is 23.0. The monoisotopic (exact) mass is 913 g/mol. The van der Waals surface area contributed by atoms with E-state index < -0.39 is 43.4 Å². The molecule has 1 fully saturated rings. The van der Waals surface area contributed by atoms with E-state index in [-0.39, 0.29) is 19.2 Å². The van der Waals surface area contributed by atoms with E-state index in [1.807, 2.05) is 0 Å². The van der Waals surface area contributed by atoms with Crippen molar-refractivity contribution < 1.29 is 44.2 Å². The summed E-state index contributed by atoms with van der Waals surface area (Å²) >= 11 is 0. The summed E-state index contributed by atoms with van der Waals surface area (Å²) in [5, 5.41) is 40.3. The van der Waals surface area contributed by atoms with Crippen LogP contribution in [0, 0.1) is 0 Å². The highest BCUT2D eigenvalue weighted by atomic mass is 16.7. The molecule has 9 nitrogen and oxygen atoms in total. The number of rotatable bonds is 50. The largest absolute Gasteiger partial charge is 0.457 e. The van der Waals surface area contributed by atoms with E-state index in [1.54, 1.807) is 0 Å². The summed E-state index contributed by atoms with van der Waals surface area (Å²) in [7, 11) is 0. The summed E-state index contributed by atoms with van der Waals surface area (Å²) in [6.07, 6.45) is 47.2. The molecule has 0 bridgehead atoms. The van der Waals surface area contributed by atoms with Crippen molar-refractivity contribution in [2.24, 2.45) is 0 Å². The van der Waals surface area contributed by atoms with Gasteiger partial charge in [-0.05, 0) is 12.8 Å². The Morgan fingerprint density at radius 2 is 0.766 bits per heavy atom. The van der Waals surface area contributed by atoms with Crippen LogP contribution in [0.3, 0.4) is 0 Å². The molecule has 0 amide bonds. The molecular formula is C55H108O9. The number of unbranched alkanes of at least 4 members (excludes halogenated alkanes) is 39. The van der Waals surface area contributed by atoms with Crippen molar-refractivity contribution in [2.75, 3.05) is 26.4 Å². The predicted molar refractivity (Wildman–Crippen MR) is 266 cm³/mol. The van der Waals surface area contributed by atoms with Gasteiger partial charge in [-0.15, -0.1) is 0 Å². The van der Waals surface area contributed by atoms with Crippen LogP contribution in [0.15, 0.2) is 0 Å². The van der Waals surface area contributed by atoms with Gasteiger partial charge < -0.3 is 39.4 Å². The summed E-state index contributed by atoms with van der Waals surface area (Å²) in [5.74, 6) is -0.303. The van der Waals surface area contributed by atoms with Gasteiger partial charge in [0, 0.05) is 13.0 Å². The quantitative estimate of drug-likeness (QED) is 0.0347. The molecule has 1 saturated heterocycles. The van der Waals surface area contributed by atoms with Crippen LogP contribution < -0.4 is 0 Å². The van der Waals surface area contributed by atoms with Crippen LogP contribution in [-0.2, 0) is 23.7 Å². The Hall–Kier alpha value is -0.810. The van der Waals surface area contributed by atoms with Crippen molar-refractivity contribution in [3.05, 3.63) is 0 Å². The maximum Gasteiger partial charge on any atom is 0.306 e. The van der Waals surface area contributed by atoms with Gasteiger partial charge in [-0.25, -0.2) is 0 Å². The Bertz CT molecular complexity index is 950. The minimum absolute atomic E-state index is 0.104. The van der Waals surface area contributed by atoms with E-state index in [9.17, 15) is 25.2 Å². The van der Waals surface area contributed by atoms with Crippen molar-refractivity contribution in [3.63, 3.8) is 0 Å². The first kappa shape index (κ1) is 61.2. The van der Waals surface area contributed by atoms with Gasteiger partial charge in [0.2, 0.25) is 0 Å². The second-order valence-electron chi connectivity index (χ2n) is 19.8. The van der Waals surface area contributed by atoms with E-state index in [0.717, 1.165) is 32.1 Å². The second kappa shape index (κ2) is 47.3. The minimum Gasteiger partial charge on any atom is -0.457 e. The molecule has 1 aliphatic rings. The van der Waals surface area contributed by atoms with Crippen molar-refractivity contribution in [2.45, 2.75) is 320 Å². The molecule has 0 aromatic heterocycles. The lowest BCUT2D eigenvalue weighted by atomic mass is 9.99. The first-order valence-corrected chi connectivity index (χ1v) is 28.1. The Labute approximate surface area is 395 Å². The van der Waals surface area contributed by atoms with Crippen molar-refractivity contribution in [3.8, 4) is 0 Å². The van der Waals surface area contributed by atoms with Crippen molar-refractivity contribution in [1.29, 1.82) is 0 Å². The van der Waals surface area contributed by atoms with Crippen molar-refractivity contribution >= 4 is 5.97 Å². The Kier molecular flexibility index (Phi) is 45.2. The third-order valence-electron chi connectivity index (χ3n) is 13.5. The third-order valence-corrected chi connectivity index (χ3v) is 13.5. The van der Waals surface area contributed by atoms with Gasteiger partial charge in [-0.3, -0.25) is 4.79 Å². The second-order valence-corrected chi connectivity index (χ2v) is 19.8. The number of esters is 1. The molecule has 4 N–H and O–H groups in total. The molecule has 382 valence electrons. The molecular weight excluding hydrogens is 805 g/mol. The molecule has 1 aliphatic heterocycles. The highest BCUT2D eigenvalue weighted by molar-refractivity contribution is 5.69.